The molecular formula is C21H28ClN5O2. The Kier molecular flexibility index (Phi) is 6.57. The van der Waals surface area contributed by atoms with E-state index < -0.39 is 0 Å². The van der Waals surface area contributed by atoms with Crippen molar-refractivity contribution in [3.63, 3.8) is 0 Å². The summed E-state index contributed by atoms with van der Waals surface area (Å²) >= 11 is 6.16. The molecule has 7 nitrogen and oxygen atoms in total. The Morgan fingerprint density at radius 1 is 1.17 bits per heavy atom. The van der Waals surface area contributed by atoms with Gasteiger partial charge in [0.2, 0.25) is 5.28 Å². The number of nitrogens with zero attached hydrogens (tertiary/aromatic N) is 5. The molecule has 0 N–H and O–H groups in total. The molecule has 2 aliphatic heterocycles. The minimum absolute atomic E-state index is 0.110. The number of likely N-dealkylation sites (tertiary alicyclic amines) is 1. The zero-order valence-corrected chi connectivity index (χ0v) is 17.6. The molecule has 0 radical (unpaired) electrons. The first-order chi connectivity index (χ1) is 14.1. The fourth-order valence-corrected chi connectivity index (χ4v) is 4.41. The summed E-state index contributed by atoms with van der Waals surface area (Å²) in [6.07, 6.45) is 4.28. The van der Waals surface area contributed by atoms with Crippen LogP contribution >= 0.6 is 11.6 Å². The van der Waals surface area contributed by atoms with Crippen molar-refractivity contribution in [2.75, 3.05) is 50.8 Å². The van der Waals surface area contributed by atoms with Gasteiger partial charge in [0.05, 0.1) is 18.7 Å². The van der Waals surface area contributed by atoms with Gasteiger partial charge in [-0.15, -0.1) is 0 Å². The highest BCUT2D eigenvalue weighted by Crippen LogP contribution is 2.27. The number of hydrogen-bond donors (Lipinski definition) is 0. The van der Waals surface area contributed by atoms with Gasteiger partial charge in [-0.2, -0.15) is 4.98 Å². The Labute approximate surface area is 176 Å². The molecule has 2 saturated heterocycles. The highest BCUT2D eigenvalue weighted by molar-refractivity contribution is 6.28. The zero-order chi connectivity index (χ0) is 20.2. The van der Waals surface area contributed by atoms with Gasteiger partial charge in [-0.3, -0.25) is 0 Å². The van der Waals surface area contributed by atoms with E-state index in [1.807, 2.05) is 13.0 Å². The Morgan fingerprint density at radius 3 is 2.66 bits per heavy atom. The van der Waals surface area contributed by atoms with Crippen molar-refractivity contribution in [2.45, 2.75) is 26.2 Å². The van der Waals surface area contributed by atoms with Gasteiger partial charge >= 0.3 is 0 Å². The van der Waals surface area contributed by atoms with Crippen molar-refractivity contribution in [1.82, 2.24) is 19.9 Å². The summed E-state index contributed by atoms with van der Waals surface area (Å²) in [6.45, 7) is 7.89. The number of rotatable bonds is 6. The molecule has 156 valence electrons. The van der Waals surface area contributed by atoms with Crippen molar-refractivity contribution in [1.29, 1.82) is 0 Å². The SMILES string of the molecule is CC(C=O)CN1CCC(Cc2ccc3nc(Cl)nc(N4CCOCC4)c3n2)CC1. The second-order valence-electron chi connectivity index (χ2n) is 8.15. The van der Waals surface area contributed by atoms with Crippen LogP contribution in [-0.2, 0) is 16.0 Å². The second-order valence-corrected chi connectivity index (χ2v) is 8.49. The summed E-state index contributed by atoms with van der Waals surface area (Å²) in [5.74, 6) is 1.53. The normalized spacial score (nSPS) is 20.1. The van der Waals surface area contributed by atoms with Crippen LogP contribution in [0.5, 0.6) is 0 Å². The molecule has 2 aromatic heterocycles. The van der Waals surface area contributed by atoms with Crippen LogP contribution in [-0.4, -0.2) is 72.1 Å². The topological polar surface area (TPSA) is 71.5 Å². The van der Waals surface area contributed by atoms with Crippen LogP contribution in [0.2, 0.25) is 5.28 Å². The third kappa shape index (κ3) is 5.02. The standard InChI is InChI=1S/C21H28ClN5O2/c1-15(14-28)13-26-6-4-16(5-7-26)12-17-2-3-18-19(23-17)20(25-21(22)24-18)27-8-10-29-11-9-27/h2-3,14-16H,4-13H2,1H3. The maximum atomic E-state index is 10.9. The predicted octanol–water partition coefficient (Wildman–Crippen LogP) is 2.60. The maximum Gasteiger partial charge on any atom is 0.225 e. The van der Waals surface area contributed by atoms with Crippen molar-refractivity contribution >= 4 is 34.7 Å². The Balaban J connectivity index is 1.47. The Hall–Kier alpha value is -1.83. The van der Waals surface area contributed by atoms with Gasteiger partial charge in [0, 0.05) is 31.2 Å². The van der Waals surface area contributed by atoms with Gasteiger partial charge in [-0.25, -0.2) is 9.97 Å². The van der Waals surface area contributed by atoms with E-state index in [-0.39, 0.29) is 11.2 Å². The average Bonchev–Trinajstić information content (AvgIpc) is 2.75. The lowest BCUT2D eigenvalue weighted by molar-refractivity contribution is -0.111. The lowest BCUT2D eigenvalue weighted by Gasteiger charge is -2.32. The molecule has 2 aromatic rings. The molecular weight excluding hydrogens is 390 g/mol. The fraction of sp³-hybridized carbons (Fsp3) is 0.619. The van der Waals surface area contributed by atoms with Crippen molar-refractivity contribution < 1.29 is 9.53 Å². The highest BCUT2D eigenvalue weighted by Gasteiger charge is 2.22. The second kappa shape index (κ2) is 9.32. The number of piperidine rings is 1. The van der Waals surface area contributed by atoms with Crippen molar-refractivity contribution in [2.24, 2.45) is 11.8 Å². The Bertz CT molecular complexity index is 850. The molecule has 0 saturated carbocycles. The molecule has 1 atom stereocenters. The van der Waals surface area contributed by atoms with Gasteiger partial charge in [0.1, 0.15) is 11.8 Å². The first-order valence-corrected chi connectivity index (χ1v) is 10.8. The van der Waals surface area contributed by atoms with Crippen molar-refractivity contribution in [3.05, 3.63) is 23.1 Å². The van der Waals surface area contributed by atoms with Crippen LogP contribution in [0.25, 0.3) is 11.0 Å². The number of aldehydes is 1. The minimum Gasteiger partial charge on any atom is -0.378 e. The lowest BCUT2D eigenvalue weighted by Crippen LogP contribution is -2.37. The maximum absolute atomic E-state index is 10.9. The minimum atomic E-state index is 0.110. The van der Waals surface area contributed by atoms with Crippen LogP contribution in [0.1, 0.15) is 25.5 Å². The number of morpholine rings is 1. The van der Waals surface area contributed by atoms with Crippen LogP contribution < -0.4 is 4.90 Å². The number of anilines is 1. The smallest absolute Gasteiger partial charge is 0.225 e. The first kappa shape index (κ1) is 20.4. The zero-order valence-electron chi connectivity index (χ0n) is 16.9. The molecule has 0 bridgehead atoms. The fourth-order valence-electron chi connectivity index (χ4n) is 4.24. The van der Waals surface area contributed by atoms with E-state index in [9.17, 15) is 4.79 Å². The van der Waals surface area contributed by atoms with E-state index in [0.717, 1.165) is 80.8 Å². The highest BCUT2D eigenvalue weighted by atomic mass is 35.5. The number of pyridine rings is 1. The number of aromatic nitrogens is 3. The van der Waals surface area contributed by atoms with E-state index in [4.69, 9.17) is 21.3 Å². The summed E-state index contributed by atoms with van der Waals surface area (Å²) in [5, 5.41) is 0.255. The largest absolute Gasteiger partial charge is 0.378 e. The Morgan fingerprint density at radius 2 is 1.93 bits per heavy atom. The van der Waals surface area contributed by atoms with Crippen LogP contribution in [0.15, 0.2) is 12.1 Å². The molecule has 2 aliphatic rings. The quantitative estimate of drug-likeness (QED) is 0.528. The third-order valence-corrected chi connectivity index (χ3v) is 6.02. The van der Waals surface area contributed by atoms with E-state index in [1.54, 1.807) is 0 Å². The molecule has 0 spiro atoms. The number of ether oxygens (including phenoxy) is 1. The van der Waals surface area contributed by atoms with Crippen LogP contribution in [0.3, 0.4) is 0 Å². The molecule has 0 aliphatic carbocycles. The number of carbonyl (C=O) groups is 1. The summed E-state index contributed by atoms with van der Waals surface area (Å²) in [7, 11) is 0. The van der Waals surface area contributed by atoms with Crippen LogP contribution in [0, 0.1) is 11.8 Å². The molecule has 1 unspecified atom stereocenters. The summed E-state index contributed by atoms with van der Waals surface area (Å²) in [6, 6.07) is 4.08. The molecule has 2 fully saturated rings. The van der Waals surface area contributed by atoms with E-state index in [2.05, 4.69) is 25.8 Å². The summed E-state index contributed by atoms with van der Waals surface area (Å²) < 4.78 is 5.47. The molecule has 0 amide bonds. The average molecular weight is 418 g/mol. The van der Waals surface area contributed by atoms with E-state index in [1.165, 1.54) is 0 Å². The molecule has 29 heavy (non-hydrogen) atoms. The molecule has 8 heteroatoms. The molecule has 0 aromatic carbocycles. The molecule has 4 rings (SSSR count). The lowest BCUT2D eigenvalue weighted by atomic mass is 9.91. The number of halogens is 1. The van der Waals surface area contributed by atoms with Gasteiger partial charge in [-0.1, -0.05) is 6.92 Å². The third-order valence-electron chi connectivity index (χ3n) is 5.85. The summed E-state index contributed by atoms with van der Waals surface area (Å²) in [4.78, 5) is 29.3. The first-order valence-electron chi connectivity index (χ1n) is 10.5. The number of carbonyl (C=O) groups excluding carboxylic acids is 1. The number of hydrogen-bond acceptors (Lipinski definition) is 7. The van der Waals surface area contributed by atoms with Gasteiger partial charge in [0.25, 0.3) is 0 Å². The van der Waals surface area contributed by atoms with E-state index in [0.29, 0.717) is 19.1 Å². The van der Waals surface area contributed by atoms with Gasteiger partial charge in [-0.05, 0) is 62.0 Å². The summed E-state index contributed by atoms with van der Waals surface area (Å²) in [5.41, 5.74) is 2.69. The van der Waals surface area contributed by atoms with Crippen LogP contribution in [0.4, 0.5) is 5.82 Å². The van der Waals surface area contributed by atoms with E-state index >= 15 is 0 Å². The van der Waals surface area contributed by atoms with Gasteiger partial charge in [0.15, 0.2) is 5.82 Å². The monoisotopic (exact) mass is 417 g/mol. The van der Waals surface area contributed by atoms with Gasteiger partial charge < -0.3 is 19.3 Å². The predicted molar refractivity (Wildman–Crippen MR) is 113 cm³/mol. The number of fused-ring (bicyclic) bond motifs is 1. The molecule has 4 heterocycles. The van der Waals surface area contributed by atoms with Crippen molar-refractivity contribution in [3.8, 4) is 0 Å².